The van der Waals surface area contributed by atoms with Gasteiger partial charge in [-0.25, -0.2) is 4.79 Å². The van der Waals surface area contributed by atoms with E-state index < -0.39 is 5.97 Å². The molecule has 2 heterocycles. The maximum Gasteiger partial charge on any atom is 0.355 e. The Balaban J connectivity index is 1.63. The van der Waals surface area contributed by atoms with Gasteiger partial charge in [0.15, 0.2) is 12.4 Å². The number of aromatic nitrogens is 1. The van der Waals surface area contributed by atoms with Crippen molar-refractivity contribution in [2.75, 3.05) is 13.2 Å². The number of H-pyrrole nitrogens is 1. The van der Waals surface area contributed by atoms with E-state index in [2.05, 4.69) is 4.98 Å². The Morgan fingerprint density at radius 3 is 2.67 bits per heavy atom. The fourth-order valence-corrected chi connectivity index (χ4v) is 3.44. The Bertz CT molecular complexity index is 894. The van der Waals surface area contributed by atoms with Crippen LogP contribution in [0.4, 0.5) is 0 Å². The van der Waals surface area contributed by atoms with Crippen LogP contribution in [0.25, 0.3) is 0 Å². The molecule has 8 heteroatoms. The fraction of sp³-hybridized carbons (Fsp3) is 0.316. The van der Waals surface area contributed by atoms with Gasteiger partial charge < -0.3 is 14.6 Å². The number of nitrogens with one attached hydrogen (secondary N) is 1. The molecule has 0 bridgehead atoms. The van der Waals surface area contributed by atoms with Gasteiger partial charge in [0.1, 0.15) is 5.69 Å². The number of nitrogens with zero attached hydrogens (tertiary/aromatic N) is 1. The minimum absolute atomic E-state index is 0.124. The first-order valence-corrected chi connectivity index (χ1v) is 9.23. The van der Waals surface area contributed by atoms with Crippen LogP contribution in [0.15, 0.2) is 30.5 Å². The monoisotopic (exact) mass is 408 g/mol. The Hall–Kier alpha value is -2.31. The van der Waals surface area contributed by atoms with Crippen LogP contribution in [-0.2, 0) is 9.53 Å². The Morgan fingerprint density at radius 1 is 1.22 bits per heavy atom. The standard InChI is InChI=1S/C19H18Cl2N2O4/c1-11(24)13-8-16(22-9-13)19(26)27-10-18(25)23-6-2-3-17(23)12-4-5-14(20)15(21)7-12/h4-5,7-9,17,22H,2-3,6,10H2,1H3. The van der Waals surface area contributed by atoms with Crippen molar-refractivity contribution in [2.45, 2.75) is 25.8 Å². The van der Waals surface area contributed by atoms with Crippen LogP contribution in [0.3, 0.4) is 0 Å². The number of amides is 1. The van der Waals surface area contributed by atoms with Crippen LogP contribution in [0.1, 0.15) is 52.2 Å². The van der Waals surface area contributed by atoms with Gasteiger partial charge in [0.2, 0.25) is 0 Å². The molecular weight excluding hydrogens is 391 g/mol. The summed E-state index contributed by atoms with van der Waals surface area (Å²) < 4.78 is 5.10. The van der Waals surface area contributed by atoms with Crippen LogP contribution < -0.4 is 0 Å². The van der Waals surface area contributed by atoms with Gasteiger partial charge >= 0.3 is 5.97 Å². The van der Waals surface area contributed by atoms with Crippen molar-refractivity contribution in [3.8, 4) is 0 Å². The lowest BCUT2D eigenvalue weighted by atomic mass is 10.0. The first kappa shape index (κ1) is 19.5. The third kappa shape index (κ3) is 4.34. The van der Waals surface area contributed by atoms with Crippen LogP contribution in [-0.4, -0.2) is 40.7 Å². The molecule has 1 aliphatic heterocycles. The van der Waals surface area contributed by atoms with Gasteiger partial charge in [0, 0.05) is 18.3 Å². The molecule has 142 valence electrons. The zero-order valence-electron chi connectivity index (χ0n) is 14.6. The molecule has 1 unspecified atom stereocenters. The molecule has 1 amide bonds. The van der Waals surface area contributed by atoms with E-state index in [-0.39, 0.29) is 30.0 Å². The highest BCUT2D eigenvalue weighted by molar-refractivity contribution is 6.42. The molecule has 27 heavy (non-hydrogen) atoms. The lowest BCUT2D eigenvalue weighted by Gasteiger charge is -2.25. The molecule has 1 fully saturated rings. The van der Waals surface area contributed by atoms with E-state index in [1.54, 1.807) is 17.0 Å². The average molecular weight is 409 g/mol. The molecule has 0 saturated carbocycles. The highest BCUT2D eigenvalue weighted by Crippen LogP contribution is 2.35. The van der Waals surface area contributed by atoms with E-state index in [1.165, 1.54) is 19.2 Å². The number of aromatic amines is 1. The summed E-state index contributed by atoms with van der Waals surface area (Å²) in [5.41, 5.74) is 1.42. The van der Waals surface area contributed by atoms with Crippen LogP contribution in [0.5, 0.6) is 0 Å². The van der Waals surface area contributed by atoms with Crippen LogP contribution in [0.2, 0.25) is 10.0 Å². The summed E-state index contributed by atoms with van der Waals surface area (Å²) in [5, 5.41) is 0.897. The van der Waals surface area contributed by atoms with Crippen LogP contribution in [0, 0.1) is 0 Å². The minimum Gasteiger partial charge on any atom is -0.451 e. The third-order valence-electron chi connectivity index (χ3n) is 4.54. The number of benzene rings is 1. The molecule has 1 aromatic carbocycles. The summed E-state index contributed by atoms with van der Waals surface area (Å²) >= 11 is 12.0. The molecule has 0 spiro atoms. The predicted molar refractivity (Wildman–Crippen MR) is 101 cm³/mol. The highest BCUT2D eigenvalue weighted by atomic mass is 35.5. The lowest BCUT2D eigenvalue weighted by Crippen LogP contribution is -2.34. The van der Waals surface area contributed by atoms with Crippen molar-refractivity contribution >= 4 is 40.9 Å². The first-order chi connectivity index (χ1) is 12.9. The van der Waals surface area contributed by atoms with Crippen molar-refractivity contribution in [1.29, 1.82) is 0 Å². The van der Waals surface area contributed by atoms with Crippen LogP contribution >= 0.6 is 23.2 Å². The zero-order valence-corrected chi connectivity index (χ0v) is 16.1. The molecule has 1 atom stereocenters. The normalized spacial score (nSPS) is 16.4. The fourth-order valence-electron chi connectivity index (χ4n) is 3.13. The maximum absolute atomic E-state index is 12.6. The number of ether oxygens (including phenoxy) is 1. The Morgan fingerprint density at radius 2 is 2.00 bits per heavy atom. The van der Waals surface area contributed by atoms with E-state index in [0.717, 1.165) is 18.4 Å². The van der Waals surface area contributed by atoms with Crippen molar-refractivity contribution in [3.63, 3.8) is 0 Å². The number of ketones is 1. The lowest BCUT2D eigenvalue weighted by molar-refractivity contribution is -0.135. The summed E-state index contributed by atoms with van der Waals surface area (Å²) in [4.78, 5) is 40.3. The van der Waals surface area contributed by atoms with E-state index in [9.17, 15) is 14.4 Å². The molecule has 3 rings (SSSR count). The molecule has 6 nitrogen and oxygen atoms in total. The Labute approximate surface area is 166 Å². The van der Waals surface area contributed by atoms with Gasteiger partial charge in [-0.15, -0.1) is 0 Å². The Kier molecular flexibility index (Phi) is 5.87. The molecule has 0 aliphatic carbocycles. The van der Waals surface area contributed by atoms with Crippen molar-refractivity contribution in [1.82, 2.24) is 9.88 Å². The van der Waals surface area contributed by atoms with E-state index >= 15 is 0 Å². The summed E-state index contributed by atoms with van der Waals surface area (Å²) in [6.07, 6.45) is 3.08. The number of hydrogen-bond acceptors (Lipinski definition) is 4. The quantitative estimate of drug-likeness (QED) is 0.597. The molecule has 1 N–H and O–H groups in total. The van der Waals surface area contributed by atoms with Gasteiger partial charge in [-0.3, -0.25) is 9.59 Å². The number of likely N-dealkylation sites (tertiary alicyclic amines) is 1. The second kappa shape index (κ2) is 8.15. The number of carbonyl (C=O) groups is 3. The second-order valence-electron chi connectivity index (χ2n) is 6.35. The number of rotatable bonds is 5. The van der Waals surface area contributed by atoms with E-state index in [1.807, 2.05) is 6.07 Å². The summed E-state index contributed by atoms with van der Waals surface area (Å²) in [6, 6.07) is 6.59. The van der Waals surface area contributed by atoms with Gasteiger partial charge in [0.25, 0.3) is 5.91 Å². The highest BCUT2D eigenvalue weighted by Gasteiger charge is 2.31. The number of hydrogen-bond donors (Lipinski definition) is 1. The number of Topliss-reactive ketones (excluding diaryl/α,β-unsaturated/α-hetero) is 1. The number of esters is 1. The number of halogens is 2. The summed E-state index contributed by atoms with van der Waals surface area (Å²) in [5.74, 6) is -1.13. The first-order valence-electron chi connectivity index (χ1n) is 8.47. The van der Waals surface area contributed by atoms with Crippen molar-refractivity contribution in [3.05, 3.63) is 57.3 Å². The van der Waals surface area contributed by atoms with E-state index in [4.69, 9.17) is 27.9 Å². The van der Waals surface area contributed by atoms with E-state index in [0.29, 0.717) is 22.2 Å². The van der Waals surface area contributed by atoms with Crippen molar-refractivity contribution < 1.29 is 19.1 Å². The minimum atomic E-state index is -0.680. The largest absolute Gasteiger partial charge is 0.451 e. The molecular formula is C19H18Cl2N2O4. The van der Waals surface area contributed by atoms with Crippen molar-refractivity contribution in [2.24, 2.45) is 0 Å². The molecule has 1 aliphatic rings. The molecule has 2 aromatic rings. The molecule has 1 saturated heterocycles. The maximum atomic E-state index is 12.6. The smallest absolute Gasteiger partial charge is 0.355 e. The number of carbonyl (C=O) groups excluding carboxylic acids is 3. The third-order valence-corrected chi connectivity index (χ3v) is 5.28. The SMILES string of the molecule is CC(=O)c1c[nH]c(C(=O)OCC(=O)N2CCCC2c2ccc(Cl)c(Cl)c2)c1. The van der Waals surface area contributed by atoms with Gasteiger partial charge in [-0.2, -0.15) is 0 Å². The summed E-state index contributed by atoms with van der Waals surface area (Å²) in [6.45, 7) is 1.61. The topological polar surface area (TPSA) is 79.5 Å². The summed E-state index contributed by atoms with van der Waals surface area (Å²) in [7, 11) is 0. The van der Waals surface area contributed by atoms with Gasteiger partial charge in [-0.1, -0.05) is 29.3 Å². The predicted octanol–water partition coefficient (Wildman–Crippen LogP) is 4.04. The zero-order chi connectivity index (χ0) is 19.6. The average Bonchev–Trinajstić information content (AvgIpc) is 3.31. The molecule has 0 radical (unpaired) electrons. The molecule has 1 aromatic heterocycles. The van der Waals surface area contributed by atoms with Gasteiger partial charge in [-0.05, 0) is 43.5 Å². The van der Waals surface area contributed by atoms with Gasteiger partial charge in [0.05, 0.1) is 16.1 Å². The second-order valence-corrected chi connectivity index (χ2v) is 7.17.